The predicted molar refractivity (Wildman–Crippen MR) is 210 cm³/mol. The van der Waals surface area contributed by atoms with E-state index in [1.165, 1.54) is 21.9 Å². The highest BCUT2D eigenvalue weighted by Crippen LogP contribution is 2.43. The van der Waals surface area contributed by atoms with E-state index < -0.39 is 0 Å². The van der Waals surface area contributed by atoms with Gasteiger partial charge in [0.2, 0.25) is 5.89 Å². The smallest absolute Gasteiger partial charge is 0.227 e. The lowest BCUT2D eigenvalue weighted by molar-refractivity contribution is 0.620. The molecule has 2 heterocycles. The van der Waals surface area contributed by atoms with Crippen molar-refractivity contribution in [1.29, 1.82) is 0 Å². The van der Waals surface area contributed by atoms with Crippen molar-refractivity contribution in [3.8, 4) is 33.7 Å². The van der Waals surface area contributed by atoms with Crippen LogP contribution >= 0.6 is 0 Å². The number of rotatable bonds is 6. The van der Waals surface area contributed by atoms with Gasteiger partial charge in [-0.2, -0.15) is 0 Å². The molecule has 2 aromatic heterocycles. The lowest BCUT2D eigenvalue weighted by atomic mass is 9.98. The van der Waals surface area contributed by atoms with Crippen LogP contribution in [0.4, 0.5) is 17.1 Å². The normalized spacial score (nSPS) is 11.5. The molecule has 4 nitrogen and oxygen atoms in total. The molecular weight excluding hydrogens is 625 g/mol. The maximum absolute atomic E-state index is 6.42. The van der Waals surface area contributed by atoms with Crippen molar-refractivity contribution >= 4 is 60.9 Å². The van der Waals surface area contributed by atoms with Gasteiger partial charge in [-0.05, 0) is 82.1 Å². The summed E-state index contributed by atoms with van der Waals surface area (Å²) in [6, 6.07) is 63.6. The lowest BCUT2D eigenvalue weighted by Gasteiger charge is -2.28. The van der Waals surface area contributed by atoms with Crippen molar-refractivity contribution in [3.63, 3.8) is 0 Å². The Balaban J connectivity index is 1.10. The number of para-hydroxylation sites is 1. The van der Waals surface area contributed by atoms with Crippen LogP contribution in [0.5, 0.6) is 0 Å². The van der Waals surface area contributed by atoms with Gasteiger partial charge in [0.1, 0.15) is 16.7 Å². The van der Waals surface area contributed by atoms with Crippen LogP contribution in [0.1, 0.15) is 0 Å². The van der Waals surface area contributed by atoms with E-state index >= 15 is 0 Å². The molecule has 0 aliphatic rings. The largest absolute Gasteiger partial charge is 0.456 e. The van der Waals surface area contributed by atoms with Gasteiger partial charge in [0.15, 0.2) is 5.58 Å². The highest BCUT2D eigenvalue weighted by Gasteiger charge is 2.20. The van der Waals surface area contributed by atoms with E-state index in [1.807, 2.05) is 42.5 Å². The number of aromatic nitrogens is 1. The quantitative estimate of drug-likeness (QED) is 0.179. The van der Waals surface area contributed by atoms with Crippen molar-refractivity contribution in [2.75, 3.05) is 4.90 Å². The summed E-state index contributed by atoms with van der Waals surface area (Å²) in [4.78, 5) is 7.13. The molecule has 0 unspecified atom stereocenters. The first-order valence-corrected chi connectivity index (χ1v) is 17.1. The molecule has 0 radical (unpaired) electrons. The molecule has 10 rings (SSSR count). The summed E-state index contributed by atoms with van der Waals surface area (Å²) in [7, 11) is 0. The van der Waals surface area contributed by atoms with Crippen molar-refractivity contribution in [3.05, 3.63) is 182 Å². The molecule has 0 aliphatic heterocycles. The summed E-state index contributed by atoms with van der Waals surface area (Å²) in [6.45, 7) is 0. The second kappa shape index (κ2) is 11.9. The molecule has 240 valence electrons. The van der Waals surface area contributed by atoms with Crippen molar-refractivity contribution < 1.29 is 8.83 Å². The highest BCUT2D eigenvalue weighted by molar-refractivity contribution is 6.15. The molecule has 0 saturated carbocycles. The molecule has 8 aromatic carbocycles. The molecule has 0 bridgehead atoms. The van der Waals surface area contributed by atoms with Crippen molar-refractivity contribution in [1.82, 2.24) is 4.98 Å². The average Bonchev–Trinajstić information content (AvgIpc) is 3.79. The van der Waals surface area contributed by atoms with Gasteiger partial charge in [0, 0.05) is 39.3 Å². The number of fused-ring (bicyclic) bond motifs is 5. The van der Waals surface area contributed by atoms with E-state index in [0.29, 0.717) is 5.89 Å². The number of benzene rings is 8. The third kappa shape index (κ3) is 5.04. The molecule has 0 N–H and O–H groups in total. The Hall–Kier alpha value is -6.91. The zero-order chi connectivity index (χ0) is 33.7. The fourth-order valence-corrected chi connectivity index (χ4v) is 7.26. The molecule has 0 saturated heterocycles. The van der Waals surface area contributed by atoms with Gasteiger partial charge in [0.05, 0.1) is 5.69 Å². The summed E-state index contributed by atoms with van der Waals surface area (Å²) < 4.78 is 12.7. The number of nitrogens with zero attached hydrogens (tertiary/aromatic N) is 2. The third-order valence-corrected chi connectivity index (χ3v) is 9.68. The number of oxazole rings is 1. The minimum absolute atomic E-state index is 0.600. The van der Waals surface area contributed by atoms with Crippen LogP contribution in [-0.4, -0.2) is 4.98 Å². The molecule has 51 heavy (non-hydrogen) atoms. The topological polar surface area (TPSA) is 42.4 Å². The molecule has 0 atom stereocenters. The molecular formula is C47H30N2O2. The van der Waals surface area contributed by atoms with Gasteiger partial charge >= 0.3 is 0 Å². The Morgan fingerprint density at radius 2 is 1.08 bits per heavy atom. The van der Waals surface area contributed by atoms with Gasteiger partial charge in [-0.1, -0.05) is 121 Å². The Morgan fingerprint density at radius 1 is 0.412 bits per heavy atom. The molecule has 10 aromatic rings. The number of anilines is 3. The first-order valence-electron chi connectivity index (χ1n) is 17.1. The minimum atomic E-state index is 0.600. The van der Waals surface area contributed by atoms with Gasteiger partial charge in [-0.25, -0.2) is 4.98 Å². The van der Waals surface area contributed by atoms with E-state index in [4.69, 9.17) is 13.8 Å². The Morgan fingerprint density at radius 3 is 1.90 bits per heavy atom. The van der Waals surface area contributed by atoms with E-state index in [-0.39, 0.29) is 0 Å². The van der Waals surface area contributed by atoms with Crippen LogP contribution in [0.2, 0.25) is 0 Å². The zero-order valence-electron chi connectivity index (χ0n) is 27.5. The van der Waals surface area contributed by atoms with Crippen molar-refractivity contribution in [2.24, 2.45) is 0 Å². The monoisotopic (exact) mass is 654 g/mol. The third-order valence-electron chi connectivity index (χ3n) is 9.68. The summed E-state index contributed by atoms with van der Waals surface area (Å²) in [5.41, 5.74) is 11.9. The Kier molecular flexibility index (Phi) is 6.78. The molecule has 0 amide bonds. The van der Waals surface area contributed by atoms with Gasteiger partial charge in [-0.15, -0.1) is 0 Å². The molecule has 0 spiro atoms. The molecule has 0 fully saturated rings. The summed E-state index contributed by atoms with van der Waals surface area (Å²) in [5, 5.41) is 4.47. The minimum Gasteiger partial charge on any atom is -0.456 e. The highest BCUT2D eigenvalue weighted by atomic mass is 16.4. The fraction of sp³-hybridized carbons (Fsp3) is 0. The summed E-state index contributed by atoms with van der Waals surface area (Å²) in [5.74, 6) is 0.600. The lowest BCUT2D eigenvalue weighted by Crippen LogP contribution is -2.11. The van der Waals surface area contributed by atoms with Gasteiger partial charge < -0.3 is 13.7 Å². The maximum atomic E-state index is 6.42. The Bertz CT molecular complexity index is 2850. The SMILES string of the molecule is c1ccc(-c2nc3cc4oc5cccc(-c6ccc(N(c7ccc8ccccc8c7)c7ccccc7-c7ccccc7)cc6)c5c4cc3o2)cc1. The second-order valence-electron chi connectivity index (χ2n) is 12.8. The Labute approximate surface area is 294 Å². The van der Waals surface area contributed by atoms with Crippen LogP contribution in [0.3, 0.4) is 0 Å². The van der Waals surface area contributed by atoms with E-state index in [0.717, 1.165) is 66.8 Å². The van der Waals surface area contributed by atoms with Crippen LogP contribution in [0.15, 0.2) is 191 Å². The van der Waals surface area contributed by atoms with Gasteiger partial charge in [-0.3, -0.25) is 0 Å². The van der Waals surface area contributed by atoms with Crippen LogP contribution in [0, 0.1) is 0 Å². The summed E-state index contributed by atoms with van der Waals surface area (Å²) >= 11 is 0. The first-order chi connectivity index (χ1) is 25.3. The average molecular weight is 655 g/mol. The van der Waals surface area contributed by atoms with E-state index in [1.54, 1.807) is 0 Å². The standard InChI is InChI=1S/C47H30N2O2/c1-3-13-32(14-4-1)38-18-9-10-20-42(38)49(37-27-22-31-12-7-8-17-35(31)28-37)36-25-23-33(24-26-36)39-19-11-21-43-46(39)40-29-45-41(30-44(40)50-43)48-47(51-45)34-15-5-2-6-16-34/h1-30H. The number of furan rings is 1. The maximum Gasteiger partial charge on any atom is 0.227 e. The zero-order valence-corrected chi connectivity index (χ0v) is 27.5. The first kappa shape index (κ1) is 29.0. The second-order valence-corrected chi connectivity index (χ2v) is 12.8. The fourth-order valence-electron chi connectivity index (χ4n) is 7.26. The van der Waals surface area contributed by atoms with Crippen LogP contribution < -0.4 is 4.90 Å². The van der Waals surface area contributed by atoms with Crippen molar-refractivity contribution in [2.45, 2.75) is 0 Å². The van der Waals surface area contributed by atoms with Crippen LogP contribution in [0.25, 0.3) is 77.5 Å². The molecule has 0 aliphatic carbocycles. The number of hydrogen-bond donors (Lipinski definition) is 0. The molecule has 4 heteroatoms. The van der Waals surface area contributed by atoms with Gasteiger partial charge in [0.25, 0.3) is 0 Å². The van der Waals surface area contributed by atoms with E-state index in [9.17, 15) is 0 Å². The predicted octanol–water partition coefficient (Wildman–Crippen LogP) is 13.4. The van der Waals surface area contributed by atoms with Crippen LogP contribution in [-0.2, 0) is 0 Å². The number of hydrogen-bond acceptors (Lipinski definition) is 4. The van der Waals surface area contributed by atoms with E-state index in [2.05, 4.69) is 144 Å². The summed E-state index contributed by atoms with van der Waals surface area (Å²) in [6.07, 6.45) is 0.